The van der Waals surface area contributed by atoms with Crippen LogP contribution < -0.4 is 5.14 Å². The number of carbonyl (C=O) groups is 2. The number of hydrogen-bond donors (Lipinski definition) is 1. The van der Waals surface area contributed by atoms with Crippen molar-refractivity contribution in [3.63, 3.8) is 0 Å². The average molecular weight is 208 g/mol. The molecule has 0 spiro atoms. The van der Waals surface area contributed by atoms with Crippen molar-refractivity contribution in [3.8, 4) is 0 Å². The van der Waals surface area contributed by atoms with Crippen LogP contribution in [0.3, 0.4) is 0 Å². The molecule has 13 heavy (non-hydrogen) atoms. The second-order valence-corrected chi connectivity index (χ2v) is 4.37. The van der Waals surface area contributed by atoms with Gasteiger partial charge >= 0.3 is 0 Å². The van der Waals surface area contributed by atoms with E-state index in [-0.39, 0.29) is 6.41 Å². The van der Waals surface area contributed by atoms with E-state index >= 15 is 0 Å². The van der Waals surface area contributed by atoms with Crippen molar-refractivity contribution < 1.29 is 18.0 Å². The highest BCUT2D eigenvalue weighted by Crippen LogP contribution is 1.98. The van der Waals surface area contributed by atoms with Crippen LogP contribution >= 0.6 is 0 Å². The zero-order valence-corrected chi connectivity index (χ0v) is 8.24. The Kier molecular flexibility index (Phi) is 4.02. The first-order chi connectivity index (χ1) is 5.78. The summed E-state index contributed by atoms with van der Waals surface area (Å²) in [6.07, 6.45) is 0.290. The van der Waals surface area contributed by atoms with Gasteiger partial charge in [0.15, 0.2) is 0 Å². The summed E-state index contributed by atoms with van der Waals surface area (Å²) in [7, 11) is -3.66. The van der Waals surface area contributed by atoms with Crippen molar-refractivity contribution in [1.29, 1.82) is 0 Å². The Hall–Kier alpha value is -0.950. The normalized spacial score (nSPS) is 13.5. The summed E-state index contributed by atoms with van der Waals surface area (Å²) < 4.78 is 21.2. The first kappa shape index (κ1) is 12.0. The highest BCUT2D eigenvalue weighted by Gasteiger charge is 2.20. The van der Waals surface area contributed by atoms with Gasteiger partial charge in [0.2, 0.25) is 22.3 Å². The van der Waals surface area contributed by atoms with E-state index in [1.807, 2.05) is 0 Å². The minimum atomic E-state index is -3.66. The van der Waals surface area contributed by atoms with Crippen molar-refractivity contribution >= 4 is 22.3 Å². The summed E-state index contributed by atoms with van der Waals surface area (Å²) in [5.74, 6) is -0.933. The zero-order valence-electron chi connectivity index (χ0n) is 7.43. The third kappa shape index (κ3) is 4.58. The van der Waals surface area contributed by atoms with Crippen molar-refractivity contribution in [3.05, 3.63) is 0 Å². The fraction of sp³-hybridized carbons (Fsp3) is 0.667. The molecular formula is C6H12N2O4S. The van der Waals surface area contributed by atoms with Crippen molar-refractivity contribution in [2.75, 3.05) is 5.75 Å². The molecule has 0 radical (unpaired) electrons. The van der Waals surface area contributed by atoms with Gasteiger partial charge in [-0.25, -0.2) is 13.6 Å². The lowest BCUT2D eigenvalue weighted by molar-refractivity contribution is -0.138. The Labute approximate surface area is 76.7 Å². The molecule has 0 saturated heterocycles. The predicted molar refractivity (Wildman–Crippen MR) is 46.0 cm³/mol. The van der Waals surface area contributed by atoms with Crippen LogP contribution in [-0.4, -0.2) is 37.4 Å². The van der Waals surface area contributed by atoms with Crippen molar-refractivity contribution in [2.45, 2.75) is 19.9 Å². The standard InChI is InChI=1S/C6H12N2O4S/c1-5(3-13(7,11)12)8(4-9)6(2)10/h4-5H,3H2,1-2H3,(H2,7,11,12). The lowest BCUT2D eigenvalue weighted by Gasteiger charge is -2.20. The van der Waals surface area contributed by atoms with E-state index in [1.54, 1.807) is 0 Å². The van der Waals surface area contributed by atoms with E-state index < -0.39 is 27.7 Å². The summed E-state index contributed by atoms with van der Waals surface area (Å²) in [6.45, 7) is 2.61. The van der Waals surface area contributed by atoms with Crippen LogP contribution in [0.25, 0.3) is 0 Å². The highest BCUT2D eigenvalue weighted by molar-refractivity contribution is 7.89. The lowest BCUT2D eigenvalue weighted by Crippen LogP contribution is -2.41. The molecule has 7 heteroatoms. The van der Waals surface area contributed by atoms with Gasteiger partial charge in [-0.05, 0) is 6.92 Å². The molecule has 2 amide bonds. The Bertz CT molecular complexity index is 298. The molecule has 0 aliphatic carbocycles. The van der Waals surface area contributed by atoms with Gasteiger partial charge in [-0.1, -0.05) is 0 Å². The quantitative estimate of drug-likeness (QED) is 0.578. The molecule has 2 N–H and O–H groups in total. The molecule has 0 aliphatic rings. The van der Waals surface area contributed by atoms with Crippen LogP contribution in [-0.2, 0) is 19.6 Å². The first-order valence-corrected chi connectivity index (χ1v) is 5.24. The van der Waals surface area contributed by atoms with Gasteiger partial charge in [0.1, 0.15) is 0 Å². The number of imide groups is 1. The fourth-order valence-electron chi connectivity index (χ4n) is 0.905. The molecule has 0 aromatic rings. The topological polar surface area (TPSA) is 97.5 Å². The minimum Gasteiger partial charge on any atom is -0.282 e. The van der Waals surface area contributed by atoms with Crippen LogP contribution in [0.5, 0.6) is 0 Å². The molecule has 0 saturated carbocycles. The number of primary sulfonamides is 1. The molecule has 0 aromatic carbocycles. The summed E-state index contributed by atoms with van der Waals surface area (Å²) >= 11 is 0. The van der Waals surface area contributed by atoms with Crippen molar-refractivity contribution in [2.24, 2.45) is 5.14 Å². The largest absolute Gasteiger partial charge is 0.282 e. The summed E-state index contributed by atoms with van der Waals surface area (Å²) in [5.41, 5.74) is 0. The third-order valence-electron chi connectivity index (χ3n) is 1.43. The second kappa shape index (κ2) is 4.33. The number of rotatable bonds is 4. The van der Waals surface area contributed by atoms with Crippen LogP contribution in [0.4, 0.5) is 0 Å². The van der Waals surface area contributed by atoms with Crippen molar-refractivity contribution in [1.82, 2.24) is 4.90 Å². The lowest BCUT2D eigenvalue weighted by atomic mass is 10.3. The van der Waals surface area contributed by atoms with E-state index in [1.165, 1.54) is 13.8 Å². The number of nitrogens with two attached hydrogens (primary N) is 1. The van der Waals surface area contributed by atoms with E-state index in [2.05, 4.69) is 0 Å². The Morgan fingerprint density at radius 1 is 1.62 bits per heavy atom. The van der Waals surface area contributed by atoms with Gasteiger partial charge in [-0.15, -0.1) is 0 Å². The molecule has 0 heterocycles. The monoisotopic (exact) mass is 208 g/mol. The maximum Gasteiger partial charge on any atom is 0.226 e. The van der Waals surface area contributed by atoms with E-state index in [0.717, 1.165) is 4.90 Å². The number of hydrogen-bond acceptors (Lipinski definition) is 4. The average Bonchev–Trinajstić information content (AvgIpc) is 1.82. The second-order valence-electron chi connectivity index (χ2n) is 2.71. The van der Waals surface area contributed by atoms with Gasteiger partial charge in [0.25, 0.3) is 0 Å². The number of sulfonamides is 1. The van der Waals surface area contributed by atoms with Crippen LogP contribution in [0, 0.1) is 0 Å². The highest BCUT2D eigenvalue weighted by atomic mass is 32.2. The van der Waals surface area contributed by atoms with Crippen LogP contribution in [0.2, 0.25) is 0 Å². The molecule has 0 bridgehead atoms. The van der Waals surface area contributed by atoms with Gasteiger partial charge in [0.05, 0.1) is 11.8 Å². The van der Waals surface area contributed by atoms with Crippen LogP contribution in [0.15, 0.2) is 0 Å². The molecule has 0 rings (SSSR count). The fourth-order valence-corrected chi connectivity index (χ4v) is 1.74. The molecule has 1 atom stereocenters. The number of carbonyl (C=O) groups excluding carboxylic acids is 2. The third-order valence-corrected chi connectivity index (χ3v) is 2.37. The van der Waals surface area contributed by atoms with E-state index in [0.29, 0.717) is 0 Å². The Morgan fingerprint density at radius 2 is 2.08 bits per heavy atom. The number of amides is 2. The maximum absolute atomic E-state index is 10.8. The van der Waals surface area contributed by atoms with Gasteiger partial charge < -0.3 is 0 Å². The molecule has 76 valence electrons. The molecular weight excluding hydrogens is 196 g/mol. The SMILES string of the molecule is CC(=O)N(C=O)C(C)CS(N)(=O)=O. The minimum absolute atomic E-state index is 0.290. The molecule has 6 nitrogen and oxygen atoms in total. The summed E-state index contributed by atoms with van der Waals surface area (Å²) in [4.78, 5) is 21.9. The maximum atomic E-state index is 10.8. The smallest absolute Gasteiger partial charge is 0.226 e. The molecule has 0 fully saturated rings. The van der Waals surface area contributed by atoms with Gasteiger partial charge in [-0.3, -0.25) is 14.5 Å². The van der Waals surface area contributed by atoms with E-state index in [4.69, 9.17) is 5.14 Å². The summed E-state index contributed by atoms with van der Waals surface area (Å²) in [5, 5.41) is 4.75. The molecule has 0 aliphatic heterocycles. The zero-order chi connectivity index (χ0) is 10.6. The Morgan fingerprint density at radius 3 is 2.31 bits per heavy atom. The Balaban J connectivity index is 4.49. The predicted octanol–water partition coefficient (Wildman–Crippen LogP) is -1.33. The molecule has 0 aromatic heterocycles. The van der Waals surface area contributed by atoms with Crippen LogP contribution in [0.1, 0.15) is 13.8 Å². The van der Waals surface area contributed by atoms with Gasteiger partial charge in [-0.2, -0.15) is 0 Å². The number of nitrogens with zero attached hydrogens (tertiary/aromatic N) is 1. The summed E-state index contributed by atoms with van der Waals surface area (Å²) in [6, 6.07) is -0.731. The van der Waals surface area contributed by atoms with Gasteiger partial charge in [0, 0.05) is 6.92 Å². The molecule has 1 unspecified atom stereocenters. The first-order valence-electron chi connectivity index (χ1n) is 3.52. The van der Waals surface area contributed by atoms with E-state index in [9.17, 15) is 18.0 Å².